The molecule has 0 atom stereocenters. The fraction of sp³-hybridized carbons (Fsp3) is 0.409. The van der Waals surface area contributed by atoms with Gasteiger partial charge in [0.05, 0.1) is 4.90 Å². The highest BCUT2D eigenvalue weighted by molar-refractivity contribution is 7.89. The van der Waals surface area contributed by atoms with E-state index in [-0.39, 0.29) is 5.92 Å². The van der Waals surface area contributed by atoms with E-state index < -0.39 is 10.0 Å². The van der Waals surface area contributed by atoms with Gasteiger partial charge in [-0.3, -0.25) is 0 Å². The third-order valence-electron chi connectivity index (χ3n) is 6.07. The number of nitrogens with zero attached hydrogens (tertiary/aromatic N) is 2. The zero-order chi connectivity index (χ0) is 19.1. The molecule has 6 heteroatoms. The van der Waals surface area contributed by atoms with E-state index in [9.17, 15) is 8.42 Å². The Balaban J connectivity index is 1.33. The van der Waals surface area contributed by atoms with Gasteiger partial charge in [0.2, 0.25) is 10.0 Å². The largest absolute Gasteiger partial charge is 0.440 e. The SMILES string of the molecule is O=S(=O)(c1ccc2c(c1)CCCC2)N1CCC(c2nc3ccccc3o2)CC1. The highest BCUT2D eigenvalue weighted by Gasteiger charge is 2.32. The first-order valence-electron chi connectivity index (χ1n) is 10.1. The van der Waals surface area contributed by atoms with E-state index in [0.717, 1.165) is 49.1 Å². The molecule has 3 aromatic rings. The molecule has 1 aromatic heterocycles. The zero-order valence-corrected chi connectivity index (χ0v) is 16.6. The number of benzene rings is 2. The molecule has 0 amide bonds. The average molecular weight is 397 g/mol. The van der Waals surface area contributed by atoms with E-state index in [2.05, 4.69) is 4.98 Å². The zero-order valence-electron chi connectivity index (χ0n) is 15.8. The number of hydrogen-bond acceptors (Lipinski definition) is 4. The smallest absolute Gasteiger partial charge is 0.243 e. The van der Waals surface area contributed by atoms with Gasteiger partial charge in [-0.1, -0.05) is 18.2 Å². The molecule has 0 N–H and O–H groups in total. The van der Waals surface area contributed by atoms with Crippen LogP contribution in [0.25, 0.3) is 11.1 Å². The molecule has 1 saturated heterocycles. The number of para-hydroxylation sites is 2. The van der Waals surface area contributed by atoms with Crippen molar-refractivity contribution in [1.82, 2.24) is 9.29 Å². The van der Waals surface area contributed by atoms with Gasteiger partial charge in [0.1, 0.15) is 5.52 Å². The van der Waals surface area contributed by atoms with Gasteiger partial charge in [0.25, 0.3) is 0 Å². The molecule has 1 fully saturated rings. The van der Waals surface area contributed by atoms with Crippen molar-refractivity contribution in [2.75, 3.05) is 13.1 Å². The van der Waals surface area contributed by atoms with Gasteiger partial charge in [0, 0.05) is 19.0 Å². The molecule has 5 rings (SSSR count). The van der Waals surface area contributed by atoms with E-state index in [1.807, 2.05) is 36.4 Å². The molecule has 0 radical (unpaired) electrons. The highest BCUT2D eigenvalue weighted by atomic mass is 32.2. The third kappa shape index (κ3) is 3.14. The highest BCUT2D eigenvalue weighted by Crippen LogP contribution is 2.33. The lowest BCUT2D eigenvalue weighted by Gasteiger charge is -2.30. The van der Waals surface area contributed by atoms with Crippen molar-refractivity contribution in [3.63, 3.8) is 0 Å². The van der Waals surface area contributed by atoms with E-state index >= 15 is 0 Å². The van der Waals surface area contributed by atoms with Gasteiger partial charge >= 0.3 is 0 Å². The molecule has 2 aromatic carbocycles. The summed E-state index contributed by atoms with van der Waals surface area (Å²) in [4.78, 5) is 5.03. The van der Waals surface area contributed by atoms with Crippen molar-refractivity contribution < 1.29 is 12.8 Å². The lowest BCUT2D eigenvalue weighted by atomic mass is 9.92. The van der Waals surface area contributed by atoms with Crippen LogP contribution in [-0.2, 0) is 22.9 Å². The summed E-state index contributed by atoms with van der Waals surface area (Å²) >= 11 is 0. The molecule has 28 heavy (non-hydrogen) atoms. The summed E-state index contributed by atoms with van der Waals surface area (Å²) in [6.45, 7) is 1.01. The van der Waals surface area contributed by atoms with Gasteiger partial charge in [-0.25, -0.2) is 13.4 Å². The van der Waals surface area contributed by atoms with Gasteiger partial charge in [-0.15, -0.1) is 0 Å². The van der Waals surface area contributed by atoms with Crippen LogP contribution >= 0.6 is 0 Å². The van der Waals surface area contributed by atoms with Crippen LogP contribution in [-0.4, -0.2) is 30.8 Å². The first kappa shape index (κ1) is 17.9. The lowest BCUT2D eigenvalue weighted by molar-refractivity contribution is 0.293. The number of aryl methyl sites for hydroxylation is 2. The fourth-order valence-corrected chi connectivity index (χ4v) is 5.95. The van der Waals surface area contributed by atoms with Gasteiger partial charge in [-0.2, -0.15) is 4.31 Å². The second-order valence-corrected chi connectivity index (χ2v) is 9.77. The molecule has 0 unspecified atom stereocenters. The Labute approximate surface area is 165 Å². The Kier molecular flexibility index (Phi) is 4.48. The topological polar surface area (TPSA) is 63.4 Å². The molecule has 5 nitrogen and oxygen atoms in total. The summed E-state index contributed by atoms with van der Waals surface area (Å²) in [5.74, 6) is 0.898. The molecule has 0 saturated carbocycles. The number of fused-ring (bicyclic) bond motifs is 2. The van der Waals surface area contributed by atoms with Crippen molar-refractivity contribution in [2.45, 2.75) is 49.3 Å². The summed E-state index contributed by atoms with van der Waals surface area (Å²) in [5, 5.41) is 0. The van der Waals surface area contributed by atoms with Crippen molar-refractivity contribution in [1.29, 1.82) is 0 Å². The van der Waals surface area contributed by atoms with Crippen LogP contribution < -0.4 is 0 Å². The number of rotatable bonds is 3. The second kappa shape index (κ2) is 7.01. The predicted molar refractivity (Wildman–Crippen MR) is 108 cm³/mol. The molecule has 2 aliphatic rings. The van der Waals surface area contributed by atoms with Crippen LogP contribution in [0.2, 0.25) is 0 Å². The van der Waals surface area contributed by atoms with Crippen molar-refractivity contribution >= 4 is 21.1 Å². The lowest BCUT2D eigenvalue weighted by Crippen LogP contribution is -2.38. The van der Waals surface area contributed by atoms with E-state index in [1.54, 1.807) is 10.4 Å². The fourth-order valence-electron chi connectivity index (χ4n) is 4.43. The Bertz CT molecular complexity index is 1080. The third-order valence-corrected chi connectivity index (χ3v) is 7.97. The summed E-state index contributed by atoms with van der Waals surface area (Å²) < 4.78 is 33.8. The van der Waals surface area contributed by atoms with Crippen LogP contribution in [0, 0.1) is 0 Å². The van der Waals surface area contributed by atoms with Crippen molar-refractivity contribution in [3.8, 4) is 0 Å². The molecular weight excluding hydrogens is 372 g/mol. The van der Waals surface area contributed by atoms with E-state index in [1.165, 1.54) is 17.5 Å². The average Bonchev–Trinajstić information content (AvgIpc) is 3.18. The molecule has 0 spiro atoms. The molecule has 1 aliphatic heterocycles. The van der Waals surface area contributed by atoms with Crippen LogP contribution in [0.1, 0.15) is 48.6 Å². The van der Waals surface area contributed by atoms with Crippen LogP contribution in [0.4, 0.5) is 0 Å². The second-order valence-electron chi connectivity index (χ2n) is 7.84. The maximum Gasteiger partial charge on any atom is 0.243 e. The van der Waals surface area contributed by atoms with Crippen LogP contribution in [0.15, 0.2) is 51.8 Å². The van der Waals surface area contributed by atoms with E-state index in [0.29, 0.717) is 18.0 Å². The quantitative estimate of drug-likeness (QED) is 0.663. The van der Waals surface area contributed by atoms with Crippen molar-refractivity contribution in [3.05, 3.63) is 59.5 Å². The number of sulfonamides is 1. The first-order valence-corrected chi connectivity index (χ1v) is 11.5. The number of oxazole rings is 1. The molecular formula is C22H24N2O3S. The Morgan fingerprint density at radius 2 is 1.71 bits per heavy atom. The van der Waals surface area contributed by atoms with Gasteiger partial charge < -0.3 is 4.42 Å². The summed E-state index contributed by atoms with van der Waals surface area (Å²) in [5.41, 5.74) is 4.16. The Hall–Kier alpha value is -2.18. The number of aromatic nitrogens is 1. The standard InChI is InChI=1S/C22H24N2O3S/c25-28(26,19-10-9-16-5-1-2-6-18(16)15-19)24-13-11-17(12-14-24)22-23-20-7-3-4-8-21(20)27-22/h3-4,7-10,15,17H,1-2,5-6,11-14H2. The summed E-state index contributed by atoms with van der Waals surface area (Å²) in [7, 11) is -3.44. The Morgan fingerprint density at radius 3 is 2.50 bits per heavy atom. The molecule has 146 valence electrons. The summed E-state index contributed by atoms with van der Waals surface area (Å²) in [6, 6.07) is 13.4. The minimum absolute atomic E-state index is 0.169. The van der Waals surface area contributed by atoms with Crippen LogP contribution in [0.5, 0.6) is 0 Å². The predicted octanol–water partition coefficient (Wildman–Crippen LogP) is 4.27. The number of piperidine rings is 1. The van der Waals surface area contributed by atoms with E-state index in [4.69, 9.17) is 4.42 Å². The summed E-state index contributed by atoms with van der Waals surface area (Å²) in [6.07, 6.45) is 5.85. The molecule has 1 aliphatic carbocycles. The maximum absolute atomic E-state index is 13.1. The monoisotopic (exact) mass is 396 g/mol. The molecule has 2 heterocycles. The molecule has 0 bridgehead atoms. The Morgan fingerprint density at radius 1 is 0.964 bits per heavy atom. The van der Waals surface area contributed by atoms with Crippen molar-refractivity contribution in [2.24, 2.45) is 0 Å². The minimum atomic E-state index is -3.44. The minimum Gasteiger partial charge on any atom is -0.440 e. The normalized spacial score (nSPS) is 19.0. The number of hydrogen-bond donors (Lipinski definition) is 0. The van der Waals surface area contributed by atoms with Gasteiger partial charge in [-0.05, 0) is 73.9 Å². The maximum atomic E-state index is 13.1. The van der Waals surface area contributed by atoms with Gasteiger partial charge in [0.15, 0.2) is 11.5 Å². The first-order chi connectivity index (χ1) is 13.6. The van der Waals surface area contributed by atoms with Crippen LogP contribution in [0.3, 0.4) is 0 Å².